The molecule has 34 heavy (non-hydrogen) atoms. The smallest absolute Gasteiger partial charge is 0.329 e. The average molecular weight is 520 g/mol. The molecule has 0 fully saturated rings. The molecule has 3 N–H and O–H groups in total. The van der Waals surface area contributed by atoms with Crippen LogP contribution in [0.4, 0.5) is 26.7 Å². The van der Waals surface area contributed by atoms with Crippen LogP contribution < -0.4 is 16.2 Å². The minimum Gasteiger partial charge on any atom is -0.329 e. The maximum absolute atomic E-state index is 14.9. The fraction of sp³-hybridized carbons (Fsp3) is 0.200. The quantitative estimate of drug-likeness (QED) is 0.331. The van der Waals surface area contributed by atoms with Crippen LogP contribution in [0.3, 0.4) is 0 Å². The Labute approximate surface area is 198 Å². The number of pyridine rings is 1. The van der Waals surface area contributed by atoms with E-state index in [-0.39, 0.29) is 27.4 Å². The summed E-state index contributed by atoms with van der Waals surface area (Å²) in [4.78, 5) is 31.4. The summed E-state index contributed by atoms with van der Waals surface area (Å²) in [5.74, 6) is -3.93. The van der Waals surface area contributed by atoms with E-state index in [0.29, 0.717) is 5.01 Å². The molecular weight excluding hydrogens is 505 g/mol. The molecule has 7 nitrogen and oxygen atoms in total. The third kappa shape index (κ3) is 5.78. The molecule has 0 saturated heterocycles. The molecule has 2 aromatic heterocycles. The number of carbonyl (C=O) groups excluding carboxylic acids is 2. The predicted molar refractivity (Wildman–Crippen MR) is 115 cm³/mol. The number of aromatic nitrogens is 2. The number of thiazole rings is 1. The number of hydrazine groups is 1. The molecule has 0 aliphatic heterocycles. The highest BCUT2D eigenvalue weighted by atomic mass is 35.5. The zero-order valence-corrected chi connectivity index (χ0v) is 18.9. The molecule has 180 valence electrons. The van der Waals surface area contributed by atoms with Crippen LogP contribution in [0.1, 0.15) is 23.5 Å². The highest BCUT2D eigenvalue weighted by Gasteiger charge is 2.39. The van der Waals surface area contributed by atoms with Gasteiger partial charge in [-0.2, -0.15) is 13.2 Å². The van der Waals surface area contributed by atoms with Crippen molar-refractivity contribution in [3.8, 4) is 21.7 Å². The number of benzene rings is 1. The van der Waals surface area contributed by atoms with E-state index in [4.69, 9.17) is 11.6 Å². The molecule has 0 aliphatic carbocycles. The minimum atomic E-state index is -5.20. The number of aryl methyl sites for hydroxylation is 1. The Morgan fingerprint density at radius 3 is 2.35 bits per heavy atom. The molecule has 0 unspecified atom stereocenters. The molecule has 0 aliphatic rings. The molecule has 3 amide bonds. The largest absolute Gasteiger partial charge is 0.472 e. The Balaban J connectivity index is 1.83. The molecular formula is C20H15ClF5N5O2S. The van der Waals surface area contributed by atoms with Crippen molar-refractivity contribution in [2.75, 3.05) is 0 Å². The van der Waals surface area contributed by atoms with Gasteiger partial charge in [0.05, 0.1) is 17.3 Å². The molecule has 1 atom stereocenters. The molecule has 0 radical (unpaired) electrons. The summed E-state index contributed by atoms with van der Waals surface area (Å²) in [7, 11) is 0. The van der Waals surface area contributed by atoms with E-state index in [0.717, 1.165) is 17.0 Å². The number of rotatable bonds is 4. The summed E-state index contributed by atoms with van der Waals surface area (Å²) in [6, 6.07) is 1.27. The first-order chi connectivity index (χ1) is 15.9. The predicted octanol–water partition coefficient (Wildman–Crippen LogP) is 5.07. The number of nitrogens with one attached hydrogen (secondary N) is 3. The van der Waals surface area contributed by atoms with E-state index in [1.54, 1.807) is 13.1 Å². The molecule has 0 bridgehead atoms. The van der Waals surface area contributed by atoms with E-state index in [2.05, 4.69) is 15.3 Å². The Bertz CT molecular complexity index is 1250. The summed E-state index contributed by atoms with van der Waals surface area (Å²) in [5.41, 5.74) is 2.95. The third-order valence-electron chi connectivity index (χ3n) is 4.38. The van der Waals surface area contributed by atoms with Gasteiger partial charge in [-0.25, -0.2) is 24.0 Å². The highest BCUT2D eigenvalue weighted by Crippen LogP contribution is 2.38. The number of nitrogens with zero attached hydrogens (tertiary/aromatic N) is 2. The summed E-state index contributed by atoms with van der Waals surface area (Å²) < 4.78 is 66.1. The van der Waals surface area contributed by atoms with Crippen molar-refractivity contribution in [2.24, 2.45) is 0 Å². The number of carbonyl (C=O) groups is 2. The third-order valence-corrected chi connectivity index (χ3v) is 5.52. The van der Waals surface area contributed by atoms with Gasteiger partial charge >= 0.3 is 18.1 Å². The zero-order valence-electron chi connectivity index (χ0n) is 17.4. The first-order valence-electron chi connectivity index (χ1n) is 9.38. The molecule has 0 spiro atoms. The fourth-order valence-corrected chi connectivity index (χ4v) is 3.92. The number of amides is 3. The number of hydrogen-bond acceptors (Lipinski definition) is 5. The monoisotopic (exact) mass is 519 g/mol. The Morgan fingerprint density at radius 2 is 1.76 bits per heavy atom. The van der Waals surface area contributed by atoms with Gasteiger partial charge in [0.15, 0.2) is 0 Å². The lowest BCUT2D eigenvalue weighted by Crippen LogP contribution is -2.51. The van der Waals surface area contributed by atoms with Crippen LogP contribution in [0.5, 0.6) is 0 Å². The number of halogens is 6. The maximum Gasteiger partial charge on any atom is 0.472 e. The molecule has 1 aromatic carbocycles. The van der Waals surface area contributed by atoms with Crippen molar-refractivity contribution in [2.45, 2.75) is 26.1 Å². The molecule has 14 heteroatoms. The van der Waals surface area contributed by atoms with Crippen LogP contribution in [0, 0.1) is 18.6 Å². The van der Waals surface area contributed by atoms with Crippen LogP contribution in [-0.4, -0.2) is 28.1 Å². The van der Waals surface area contributed by atoms with Crippen molar-refractivity contribution in [1.82, 2.24) is 26.1 Å². The van der Waals surface area contributed by atoms with E-state index in [9.17, 15) is 31.5 Å². The summed E-state index contributed by atoms with van der Waals surface area (Å²) >= 11 is 7.23. The SMILES string of the molecule is Cc1cnc(-c2c(F)cc(Cl)cc2-c2cnc([C@@H](C)NC(=O)NNC(=O)C(F)(F)F)c(F)c2)s1. The van der Waals surface area contributed by atoms with Crippen molar-refractivity contribution in [1.29, 1.82) is 0 Å². The molecule has 2 heterocycles. The minimum absolute atomic E-state index is 0.0709. The van der Waals surface area contributed by atoms with Crippen LogP contribution >= 0.6 is 22.9 Å². The van der Waals surface area contributed by atoms with Crippen LogP contribution in [-0.2, 0) is 4.79 Å². The fourth-order valence-electron chi connectivity index (χ4n) is 2.89. The first kappa shape index (κ1) is 25.3. The molecule has 3 aromatic rings. The second-order valence-corrected chi connectivity index (χ2v) is 8.62. The van der Waals surface area contributed by atoms with Gasteiger partial charge in [-0.1, -0.05) is 11.6 Å². The van der Waals surface area contributed by atoms with Gasteiger partial charge in [-0.3, -0.25) is 15.2 Å². The van der Waals surface area contributed by atoms with E-state index >= 15 is 0 Å². The second-order valence-electron chi connectivity index (χ2n) is 6.95. The standard InChI is InChI=1S/C20H15ClF5N5O2S/c1-8-6-28-17(34-8)15-12(4-11(21)5-13(15)22)10-3-14(23)16(27-7-10)9(2)29-19(33)31-30-18(32)20(24,25)26/h3-7,9H,1-2H3,(H,30,32)(H2,29,31,33)/t9-/m1/s1. The van der Waals surface area contributed by atoms with Gasteiger partial charge < -0.3 is 5.32 Å². The van der Waals surface area contributed by atoms with Crippen molar-refractivity contribution >= 4 is 34.9 Å². The number of alkyl halides is 3. The molecule has 0 saturated carbocycles. The normalized spacial score (nSPS) is 12.2. The highest BCUT2D eigenvalue weighted by molar-refractivity contribution is 7.15. The Morgan fingerprint density at radius 1 is 1.06 bits per heavy atom. The van der Waals surface area contributed by atoms with Gasteiger partial charge in [0.2, 0.25) is 0 Å². The lowest BCUT2D eigenvalue weighted by molar-refractivity contribution is -0.174. The van der Waals surface area contributed by atoms with Crippen LogP contribution in [0.25, 0.3) is 21.7 Å². The summed E-state index contributed by atoms with van der Waals surface area (Å²) in [5, 5.41) is 2.57. The van der Waals surface area contributed by atoms with E-state index < -0.39 is 35.8 Å². The second kappa shape index (κ2) is 9.89. The van der Waals surface area contributed by atoms with Gasteiger partial charge in [0.1, 0.15) is 16.6 Å². The average Bonchev–Trinajstić information content (AvgIpc) is 3.16. The van der Waals surface area contributed by atoms with Crippen molar-refractivity contribution in [3.63, 3.8) is 0 Å². The number of hydrogen-bond donors (Lipinski definition) is 3. The Kier molecular flexibility index (Phi) is 7.36. The summed E-state index contributed by atoms with van der Waals surface area (Å²) in [6.07, 6.45) is -2.40. The lowest BCUT2D eigenvalue weighted by atomic mass is 10.00. The van der Waals surface area contributed by atoms with E-state index in [1.807, 2.05) is 0 Å². The van der Waals surface area contributed by atoms with Crippen molar-refractivity contribution in [3.05, 3.63) is 57.8 Å². The van der Waals surface area contributed by atoms with Gasteiger partial charge in [-0.15, -0.1) is 11.3 Å². The topological polar surface area (TPSA) is 96.0 Å². The first-order valence-corrected chi connectivity index (χ1v) is 10.6. The van der Waals surface area contributed by atoms with Crippen molar-refractivity contribution < 1.29 is 31.5 Å². The lowest BCUT2D eigenvalue weighted by Gasteiger charge is -2.17. The number of urea groups is 1. The van der Waals surface area contributed by atoms with Gasteiger partial charge in [0.25, 0.3) is 0 Å². The van der Waals surface area contributed by atoms with Crippen LogP contribution in [0.2, 0.25) is 5.02 Å². The zero-order chi connectivity index (χ0) is 25.2. The van der Waals surface area contributed by atoms with E-state index in [1.165, 1.54) is 41.4 Å². The molecule has 3 rings (SSSR count). The summed E-state index contributed by atoms with van der Waals surface area (Å²) in [6.45, 7) is 3.11. The van der Waals surface area contributed by atoms with Gasteiger partial charge in [0, 0.05) is 27.9 Å². The Hall–Kier alpha value is -3.32. The van der Waals surface area contributed by atoms with Gasteiger partial charge in [-0.05, 0) is 37.6 Å². The van der Waals surface area contributed by atoms with Crippen LogP contribution in [0.15, 0.2) is 30.6 Å². The maximum atomic E-state index is 14.9.